The van der Waals surface area contributed by atoms with Crippen LogP contribution in [0.2, 0.25) is 0 Å². The number of carbonyl (C=O) groups excluding carboxylic acids is 3. The number of piperidine rings is 1. The lowest BCUT2D eigenvalue weighted by molar-refractivity contribution is -0.133. The number of hydrogen-bond donors (Lipinski definition) is 1. The first-order valence-corrected chi connectivity index (χ1v) is 11.4. The first-order chi connectivity index (χ1) is 15.7. The highest BCUT2D eigenvalue weighted by molar-refractivity contribution is 5.97. The van der Waals surface area contributed by atoms with Crippen LogP contribution in [0.1, 0.15) is 46.6 Å². The average molecular weight is 457 g/mol. The second-order valence-corrected chi connectivity index (χ2v) is 8.78. The fourth-order valence-electron chi connectivity index (χ4n) is 3.81. The van der Waals surface area contributed by atoms with E-state index in [4.69, 9.17) is 9.47 Å². The van der Waals surface area contributed by atoms with Gasteiger partial charge in [-0.15, -0.1) is 0 Å². The number of amides is 1. The molecule has 2 aromatic rings. The summed E-state index contributed by atoms with van der Waals surface area (Å²) < 4.78 is 11.7. The predicted octanol–water partition coefficient (Wildman–Crippen LogP) is 3.45. The first kappa shape index (κ1) is 24.4. The van der Waals surface area contributed by atoms with Crippen molar-refractivity contribution < 1.29 is 23.9 Å². The highest BCUT2D eigenvalue weighted by Gasteiger charge is 2.22. The molecular weight excluding hydrogens is 424 g/mol. The summed E-state index contributed by atoms with van der Waals surface area (Å²) >= 11 is 0. The lowest BCUT2D eigenvalue weighted by Crippen LogP contribution is -2.41. The van der Waals surface area contributed by atoms with Crippen LogP contribution >= 0.6 is 0 Å². The third kappa shape index (κ3) is 6.64. The number of carbonyl (C=O) groups is 3. The number of fused-ring (bicyclic) bond motifs is 1. The number of nitrogens with one attached hydrogen (secondary N) is 1. The van der Waals surface area contributed by atoms with Gasteiger partial charge in [0.1, 0.15) is 0 Å². The summed E-state index contributed by atoms with van der Waals surface area (Å²) in [6.45, 7) is 10.6. The molecule has 0 bridgehead atoms. The zero-order chi connectivity index (χ0) is 24.0. The maximum atomic E-state index is 12.3. The van der Waals surface area contributed by atoms with Gasteiger partial charge in [0.25, 0.3) is 0 Å². The van der Waals surface area contributed by atoms with Crippen LogP contribution in [-0.2, 0) is 14.3 Å². The molecule has 1 aliphatic rings. The van der Waals surface area contributed by atoms with E-state index in [2.05, 4.69) is 29.2 Å². The molecule has 1 aromatic carbocycles. The first-order valence-electron chi connectivity index (χ1n) is 11.4. The van der Waals surface area contributed by atoms with Crippen molar-refractivity contribution in [3.63, 3.8) is 0 Å². The van der Waals surface area contributed by atoms with E-state index in [-0.39, 0.29) is 6.04 Å². The molecule has 0 spiro atoms. The Labute approximate surface area is 193 Å². The van der Waals surface area contributed by atoms with E-state index < -0.39 is 18.0 Å². The minimum absolute atomic E-state index is 0.0320. The Balaban J connectivity index is 1.47. The molecule has 0 aliphatic carbocycles. The lowest BCUT2D eigenvalue weighted by Gasteiger charge is -2.34. The molecule has 0 unspecified atom stereocenters. The number of likely N-dealkylation sites (tertiary alicyclic amines) is 1. The fourth-order valence-corrected chi connectivity index (χ4v) is 3.81. The summed E-state index contributed by atoms with van der Waals surface area (Å²) in [5.41, 5.74) is 0.698. The Morgan fingerprint density at radius 3 is 2.39 bits per heavy atom. The molecule has 1 saturated heterocycles. The average Bonchev–Trinajstić information content (AvgIpc) is 3.15. The van der Waals surface area contributed by atoms with Crippen molar-refractivity contribution in [1.82, 2.24) is 20.0 Å². The zero-order valence-corrected chi connectivity index (χ0v) is 19.6. The van der Waals surface area contributed by atoms with Crippen LogP contribution in [0.25, 0.3) is 10.9 Å². The van der Waals surface area contributed by atoms with Gasteiger partial charge in [0.05, 0.1) is 16.9 Å². The monoisotopic (exact) mass is 456 g/mol. The molecule has 0 atom stereocenters. The summed E-state index contributed by atoms with van der Waals surface area (Å²) in [4.78, 5) is 38.5. The Bertz CT molecular complexity index is 1020. The maximum Gasteiger partial charge on any atom is 0.415 e. The van der Waals surface area contributed by atoms with Gasteiger partial charge in [-0.3, -0.25) is 0 Å². The van der Waals surface area contributed by atoms with E-state index >= 15 is 0 Å². The number of nitrogens with zero attached hydrogens (tertiary/aromatic N) is 3. The molecular formula is C24H32N4O5. The van der Waals surface area contributed by atoms with Crippen LogP contribution in [0.4, 0.5) is 4.79 Å². The van der Waals surface area contributed by atoms with E-state index in [9.17, 15) is 14.4 Å². The van der Waals surface area contributed by atoms with Gasteiger partial charge in [-0.05, 0) is 71.7 Å². The third-order valence-corrected chi connectivity index (χ3v) is 5.71. The number of ether oxygens (including phenoxy) is 2. The fraction of sp³-hybridized carbons (Fsp3) is 0.500. The molecule has 9 nitrogen and oxygen atoms in total. The summed E-state index contributed by atoms with van der Waals surface area (Å²) in [6, 6.07) is 7.79. The van der Waals surface area contributed by atoms with Gasteiger partial charge in [0.15, 0.2) is 0 Å². The summed E-state index contributed by atoms with van der Waals surface area (Å²) in [5, 5.41) is 7.76. The van der Waals surface area contributed by atoms with Gasteiger partial charge >= 0.3 is 18.0 Å². The zero-order valence-electron chi connectivity index (χ0n) is 19.6. The van der Waals surface area contributed by atoms with E-state index in [0.29, 0.717) is 35.3 Å². The Hall–Kier alpha value is -3.20. The molecule has 0 radical (unpaired) electrons. The summed E-state index contributed by atoms with van der Waals surface area (Å²) in [5.74, 6) is -1.06. The second kappa shape index (κ2) is 11.1. The van der Waals surface area contributed by atoms with E-state index in [1.807, 2.05) is 32.0 Å². The topological polar surface area (TPSA) is 103 Å². The molecule has 0 saturated carbocycles. The third-order valence-electron chi connectivity index (χ3n) is 5.71. The summed E-state index contributed by atoms with van der Waals surface area (Å²) in [7, 11) is 0. The molecule has 1 N–H and O–H groups in total. The van der Waals surface area contributed by atoms with Crippen molar-refractivity contribution in [2.45, 2.75) is 52.6 Å². The van der Waals surface area contributed by atoms with E-state index in [1.165, 1.54) is 0 Å². The van der Waals surface area contributed by atoms with Crippen LogP contribution in [-0.4, -0.2) is 58.4 Å². The van der Waals surface area contributed by atoms with Gasteiger partial charge in [-0.1, -0.05) is 12.1 Å². The number of rotatable bonds is 7. The predicted molar refractivity (Wildman–Crippen MR) is 124 cm³/mol. The van der Waals surface area contributed by atoms with Crippen LogP contribution in [0.3, 0.4) is 0 Å². The van der Waals surface area contributed by atoms with E-state index in [0.717, 1.165) is 38.1 Å². The van der Waals surface area contributed by atoms with Crippen LogP contribution in [0.5, 0.6) is 5.88 Å². The molecule has 1 amide bonds. The highest BCUT2D eigenvalue weighted by Crippen LogP contribution is 2.28. The molecule has 2 heterocycles. The Morgan fingerprint density at radius 1 is 1.06 bits per heavy atom. The minimum atomic E-state index is -0.943. The van der Waals surface area contributed by atoms with Crippen LogP contribution < -0.4 is 10.1 Å². The maximum absolute atomic E-state index is 12.3. The van der Waals surface area contributed by atoms with E-state index in [1.54, 1.807) is 10.7 Å². The number of hydrogen-bond acceptors (Lipinski definition) is 7. The smallest absolute Gasteiger partial charge is 0.404 e. The molecule has 178 valence electrons. The second-order valence-electron chi connectivity index (χ2n) is 8.78. The molecule has 3 rings (SSSR count). The van der Waals surface area contributed by atoms with Gasteiger partial charge in [-0.2, -0.15) is 5.10 Å². The van der Waals surface area contributed by atoms with Crippen molar-refractivity contribution in [2.24, 2.45) is 5.92 Å². The van der Waals surface area contributed by atoms with Crippen molar-refractivity contribution in [3.05, 3.63) is 36.4 Å². The SMILES string of the molecule is CC(C)N1CCC(CNC(=O)OC(=O)/C=C/C(=O)Oc2c3ccccc3nn2C(C)C)CC1. The summed E-state index contributed by atoms with van der Waals surface area (Å²) in [6.07, 6.45) is 2.96. The molecule has 9 heteroatoms. The molecule has 1 aliphatic heterocycles. The van der Waals surface area contributed by atoms with Gasteiger partial charge in [0.2, 0.25) is 5.88 Å². The van der Waals surface area contributed by atoms with Crippen molar-refractivity contribution in [3.8, 4) is 5.88 Å². The van der Waals surface area contributed by atoms with Crippen molar-refractivity contribution in [2.75, 3.05) is 19.6 Å². The molecule has 1 aromatic heterocycles. The quantitative estimate of drug-likeness (QED) is 0.387. The largest absolute Gasteiger partial charge is 0.415 e. The normalized spacial score (nSPS) is 15.5. The lowest BCUT2D eigenvalue weighted by atomic mass is 9.96. The van der Waals surface area contributed by atoms with Crippen molar-refractivity contribution in [1.29, 1.82) is 0 Å². The number of aromatic nitrogens is 2. The number of esters is 2. The minimum Gasteiger partial charge on any atom is -0.404 e. The van der Waals surface area contributed by atoms with Crippen LogP contribution in [0, 0.1) is 5.92 Å². The Morgan fingerprint density at radius 2 is 1.73 bits per heavy atom. The number of alkyl carbamates (subject to hydrolysis) is 1. The molecule has 33 heavy (non-hydrogen) atoms. The van der Waals surface area contributed by atoms with Gasteiger partial charge in [-0.25, -0.2) is 19.1 Å². The van der Waals surface area contributed by atoms with Crippen LogP contribution in [0.15, 0.2) is 36.4 Å². The number of benzene rings is 1. The Kier molecular flexibility index (Phi) is 8.21. The molecule has 1 fully saturated rings. The van der Waals surface area contributed by atoms with Gasteiger partial charge < -0.3 is 19.7 Å². The standard InChI is InChI=1S/C24H32N4O5/c1-16(2)27-13-11-18(12-14-27)15-25-24(31)33-22(30)10-9-21(29)32-23-19-7-5-6-8-20(19)26-28(23)17(3)4/h5-10,16-18H,11-15H2,1-4H3,(H,25,31)/b10-9+. The highest BCUT2D eigenvalue weighted by atomic mass is 16.6. The van der Waals surface area contributed by atoms with Crippen molar-refractivity contribution >= 4 is 28.9 Å². The van der Waals surface area contributed by atoms with Gasteiger partial charge in [0, 0.05) is 24.7 Å².